The number of carbonyl (C=O) groups is 3. The van der Waals surface area contributed by atoms with Gasteiger partial charge in [-0.05, 0) is 23.8 Å². The SMILES string of the molecule is O=C(ON1C(=O)c2ccccc2C1=O)c1nn(Cc2ccccc2)c(=O)c2ccccc12. The summed E-state index contributed by atoms with van der Waals surface area (Å²) in [5.41, 5.74) is 0.570. The number of hydroxylamine groups is 2. The fourth-order valence-electron chi connectivity index (χ4n) is 3.63. The van der Waals surface area contributed by atoms with Crippen molar-refractivity contribution in [1.82, 2.24) is 14.8 Å². The number of aromatic nitrogens is 2. The Hall–Kier alpha value is -4.59. The number of carbonyl (C=O) groups excluding carboxylic acids is 3. The summed E-state index contributed by atoms with van der Waals surface area (Å²) in [5, 5.41) is 5.18. The molecule has 0 radical (unpaired) electrons. The molecule has 32 heavy (non-hydrogen) atoms. The Labute approximate surface area is 181 Å². The first kappa shape index (κ1) is 19.4. The molecule has 8 nitrogen and oxygen atoms in total. The molecular weight excluding hydrogens is 410 g/mol. The first-order chi connectivity index (χ1) is 15.5. The lowest BCUT2D eigenvalue weighted by Gasteiger charge is -2.14. The van der Waals surface area contributed by atoms with Gasteiger partial charge in [0.1, 0.15) is 0 Å². The van der Waals surface area contributed by atoms with E-state index < -0.39 is 17.8 Å². The summed E-state index contributed by atoms with van der Waals surface area (Å²) in [6, 6.07) is 21.9. The van der Waals surface area contributed by atoms with Crippen LogP contribution in [0.3, 0.4) is 0 Å². The maximum Gasteiger partial charge on any atom is 0.384 e. The van der Waals surface area contributed by atoms with Crippen LogP contribution in [0.1, 0.15) is 36.8 Å². The monoisotopic (exact) mass is 425 g/mol. The van der Waals surface area contributed by atoms with Crippen LogP contribution in [0.5, 0.6) is 0 Å². The first-order valence-corrected chi connectivity index (χ1v) is 9.78. The van der Waals surface area contributed by atoms with Gasteiger partial charge in [-0.1, -0.05) is 65.7 Å². The van der Waals surface area contributed by atoms with Crippen molar-refractivity contribution in [2.75, 3.05) is 0 Å². The van der Waals surface area contributed by atoms with Gasteiger partial charge in [-0.15, -0.1) is 0 Å². The lowest BCUT2D eigenvalue weighted by molar-refractivity contribution is -0.0588. The standard InChI is InChI=1S/C24H15N3O5/c28-21-17-11-5-4-10-16(17)20(25-26(21)14-15-8-2-1-3-9-15)24(31)32-27-22(29)18-12-6-7-13-19(18)23(27)30/h1-13H,14H2. The summed E-state index contributed by atoms with van der Waals surface area (Å²) in [6.07, 6.45) is 0. The third-order valence-electron chi connectivity index (χ3n) is 5.17. The molecule has 8 heteroatoms. The second-order valence-corrected chi connectivity index (χ2v) is 7.17. The zero-order valence-corrected chi connectivity index (χ0v) is 16.6. The smallest absolute Gasteiger partial charge is 0.322 e. The number of benzene rings is 3. The Morgan fingerprint density at radius 1 is 0.750 bits per heavy atom. The molecule has 0 aliphatic carbocycles. The Bertz CT molecular complexity index is 1420. The Morgan fingerprint density at radius 2 is 1.31 bits per heavy atom. The lowest BCUT2D eigenvalue weighted by atomic mass is 10.1. The number of fused-ring (bicyclic) bond motifs is 2. The highest BCUT2D eigenvalue weighted by atomic mass is 16.7. The van der Waals surface area contributed by atoms with E-state index in [1.807, 2.05) is 30.3 Å². The van der Waals surface area contributed by atoms with Gasteiger partial charge in [-0.3, -0.25) is 14.4 Å². The number of nitrogens with zero attached hydrogens (tertiary/aromatic N) is 3. The molecule has 0 atom stereocenters. The molecule has 0 spiro atoms. The number of hydrogen-bond donors (Lipinski definition) is 0. The quantitative estimate of drug-likeness (QED) is 0.467. The third-order valence-corrected chi connectivity index (χ3v) is 5.17. The molecule has 0 saturated carbocycles. The molecule has 1 aromatic heterocycles. The van der Waals surface area contributed by atoms with E-state index in [1.54, 1.807) is 36.4 Å². The molecule has 156 valence electrons. The normalized spacial score (nSPS) is 12.8. The fourth-order valence-corrected chi connectivity index (χ4v) is 3.63. The maximum absolute atomic E-state index is 13.0. The van der Waals surface area contributed by atoms with Gasteiger partial charge in [-0.25, -0.2) is 9.48 Å². The molecule has 2 amide bonds. The Balaban J connectivity index is 1.54. The molecule has 1 aliphatic heterocycles. The van der Waals surface area contributed by atoms with Crippen molar-refractivity contribution >= 4 is 28.6 Å². The lowest BCUT2D eigenvalue weighted by Crippen LogP contribution is -2.34. The van der Waals surface area contributed by atoms with E-state index in [9.17, 15) is 19.2 Å². The van der Waals surface area contributed by atoms with Gasteiger partial charge < -0.3 is 4.84 Å². The molecule has 2 heterocycles. The molecule has 3 aromatic carbocycles. The van der Waals surface area contributed by atoms with Crippen molar-refractivity contribution in [3.8, 4) is 0 Å². The van der Waals surface area contributed by atoms with Crippen molar-refractivity contribution in [3.05, 3.63) is 112 Å². The largest absolute Gasteiger partial charge is 0.384 e. The summed E-state index contributed by atoms with van der Waals surface area (Å²) < 4.78 is 1.16. The number of amides is 2. The van der Waals surface area contributed by atoms with E-state index in [0.29, 0.717) is 5.06 Å². The van der Waals surface area contributed by atoms with Gasteiger partial charge in [0.2, 0.25) is 0 Å². The van der Waals surface area contributed by atoms with Crippen LogP contribution >= 0.6 is 0 Å². The molecular formula is C24H15N3O5. The van der Waals surface area contributed by atoms with Crippen LogP contribution in [0.15, 0.2) is 83.7 Å². The highest BCUT2D eigenvalue weighted by molar-refractivity contribution is 6.21. The minimum Gasteiger partial charge on any atom is -0.322 e. The van der Waals surface area contributed by atoms with E-state index in [0.717, 1.165) is 10.2 Å². The van der Waals surface area contributed by atoms with Crippen LogP contribution < -0.4 is 5.56 Å². The molecule has 0 N–H and O–H groups in total. The number of rotatable bonds is 4. The van der Waals surface area contributed by atoms with Crippen LogP contribution in [0.4, 0.5) is 0 Å². The van der Waals surface area contributed by atoms with E-state index in [4.69, 9.17) is 4.84 Å². The van der Waals surface area contributed by atoms with Gasteiger partial charge in [0.25, 0.3) is 17.4 Å². The Morgan fingerprint density at radius 3 is 1.97 bits per heavy atom. The van der Waals surface area contributed by atoms with Crippen molar-refractivity contribution in [1.29, 1.82) is 0 Å². The molecule has 0 unspecified atom stereocenters. The van der Waals surface area contributed by atoms with Gasteiger partial charge in [0.15, 0.2) is 5.69 Å². The zero-order valence-electron chi connectivity index (χ0n) is 16.6. The molecule has 5 rings (SSSR count). The van der Waals surface area contributed by atoms with Gasteiger partial charge in [-0.2, -0.15) is 5.10 Å². The van der Waals surface area contributed by atoms with Crippen LogP contribution in [0.25, 0.3) is 10.8 Å². The molecule has 0 bridgehead atoms. The van der Waals surface area contributed by atoms with Gasteiger partial charge >= 0.3 is 5.97 Å². The minimum absolute atomic E-state index is 0.137. The average molecular weight is 425 g/mol. The summed E-state index contributed by atoms with van der Waals surface area (Å²) in [7, 11) is 0. The van der Waals surface area contributed by atoms with E-state index in [1.165, 1.54) is 12.1 Å². The summed E-state index contributed by atoms with van der Waals surface area (Å²) in [4.78, 5) is 56.2. The minimum atomic E-state index is -1.02. The average Bonchev–Trinajstić information content (AvgIpc) is 3.06. The Kier molecular flexibility index (Phi) is 4.59. The molecule has 1 aliphatic rings. The number of imide groups is 1. The molecule has 4 aromatic rings. The van der Waals surface area contributed by atoms with Crippen LogP contribution in [0.2, 0.25) is 0 Å². The van der Waals surface area contributed by atoms with Gasteiger partial charge in [0.05, 0.1) is 23.1 Å². The molecule has 0 fully saturated rings. The van der Waals surface area contributed by atoms with E-state index in [-0.39, 0.29) is 39.7 Å². The van der Waals surface area contributed by atoms with Crippen LogP contribution in [-0.2, 0) is 11.4 Å². The van der Waals surface area contributed by atoms with Crippen molar-refractivity contribution in [3.63, 3.8) is 0 Å². The van der Waals surface area contributed by atoms with Crippen molar-refractivity contribution in [2.24, 2.45) is 0 Å². The highest BCUT2D eigenvalue weighted by Gasteiger charge is 2.39. The van der Waals surface area contributed by atoms with E-state index >= 15 is 0 Å². The van der Waals surface area contributed by atoms with Crippen molar-refractivity contribution in [2.45, 2.75) is 6.54 Å². The predicted octanol–water partition coefficient (Wildman–Crippen LogP) is 2.81. The number of hydrogen-bond acceptors (Lipinski definition) is 6. The maximum atomic E-state index is 13.0. The predicted molar refractivity (Wildman–Crippen MR) is 114 cm³/mol. The topological polar surface area (TPSA) is 98.6 Å². The first-order valence-electron chi connectivity index (χ1n) is 9.78. The van der Waals surface area contributed by atoms with Gasteiger partial charge in [0, 0.05) is 5.39 Å². The van der Waals surface area contributed by atoms with E-state index in [2.05, 4.69) is 5.10 Å². The third kappa shape index (κ3) is 3.14. The summed E-state index contributed by atoms with van der Waals surface area (Å²) in [6.45, 7) is 0.137. The highest BCUT2D eigenvalue weighted by Crippen LogP contribution is 2.24. The van der Waals surface area contributed by atoms with Crippen LogP contribution in [0, 0.1) is 0 Å². The van der Waals surface area contributed by atoms with Crippen LogP contribution in [-0.4, -0.2) is 32.6 Å². The summed E-state index contributed by atoms with van der Waals surface area (Å²) >= 11 is 0. The zero-order chi connectivity index (χ0) is 22.2. The fraction of sp³-hybridized carbons (Fsp3) is 0.0417. The second-order valence-electron chi connectivity index (χ2n) is 7.17. The van der Waals surface area contributed by atoms with Crippen molar-refractivity contribution < 1.29 is 19.2 Å². The second kappa shape index (κ2) is 7.59. The summed E-state index contributed by atoms with van der Waals surface area (Å²) in [5.74, 6) is -2.49. The molecule has 0 saturated heterocycles.